The first kappa shape index (κ1) is 12.3. The molecule has 0 aliphatic carbocycles. The fourth-order valence-corrected chi connectivity index (χ4v) is 1.68. The maximum absolute atomic E-state index is 10.6. The summed E-state index contributed by atoms with van der Waals surface area (Å²) >= 11 is 6.80. The molecule has 0 aliphatic heterocycles. The molecule has 6 heteroatoms. The van der Waals surface area contributed by atoms with Crippen molar-refractivity contribution in [2.24, 2.45) is 0 Å². The van der Waals surface area contributed by atoms with E-state index >= 15 is 0 Å². The first-order valence-electron chi connectivity index (χ1n) is 4.12. The van der Waals surface area contributed by atoms with Crippen molar-refractivity contribution in [1.82, 2.24) is 4.98 Å². The third-order valence-electron chi connectivity index (χ3n) is 1.66. The van der Waals surface area contributed by atoms with Crippen molar-refractivity contribution in [3.8, 4) is 0 Å². The molecule has 15 heavy (non-hydrogen) atoms. The quantitative estimate of drug-likeness (QED) is 0.792. The number of carboxylic acid groups (broad SMARTS) is 1. The van der Waals surface area contributed by atoms with E-state index in [0.717, 1.165) is 11.8 Å². The molecule has 1 aromatic rings. The summed E-state index contributed by atoms with van der Waals surface area (Å²) in [6.07, 6.45) is 1.47. The molecule has 0 saturated heterocycles. The van der Waals surface area contributed by atoms with Crippen LogP contribution in [0.5, 0.6) is 0 Å². The summed E-state index contributed by atoms with van der Waals surface area (Å²) in [6.45, 7) is 1.25. The predicted octanol–water partition coefficient (Wildman–Crippen LogP) is 1.66. The third kappa shape index (κ3) is 3.70. The number of thioether (sulfide) groups is 1. The summed E-state index contributed by atoms with van der Waals surface area (Å²) in [5, 5.41) is 19.2. The molecule has 1 unspecified atom stereocenters. The highest BCUT2D eigenvalue weighted by molar-refractivity contribution is 7.99. The average Bonchev–Trinajstić information content (AvgIpc) is 2.17. The number of aliphatic carboxylic acids is 1. The molecule has 0 fully saturated rings. The minimum Gasteiger partial charge on any atom is -0.479 e. The largest absolute Gasteiger partial charge is 0.479 e. The molecule has 0 spiro atoms. The van der Waals surface area contributed by atoms with E-state index in [1.54, 1.807) is 12.1 Å². The Bertz CT molecular complexity index is 353. The molecule has 0 saturated carbocycles. The summed E-state index contributed by atoms with van der Waals surface area (Å²) in [5.74, 6) is -1.21. The monoisotopic (exact) mass is 247 g/mol. The van der Waals surface area contributed by atoms with Crippen LogP contribution in [-0.4, -0.2) is 32.5 Å². The van der Waals surface area contributed by atoms with Crippen LogP contribution in [0.25, 0.3) is 0 Å². The molecular formula is C9H10ClNO3S. The van der Waals surface area contributed by atoms with E-state index in [1.165, 1.54) is 13.1 Å². The second-order valence-corrected chi connectivity index (χ2v) is 4.61. The van der Waals surface area contributed by atoms with Gasteiger partial charge in [0, 0.05) is 11.9 Å². The smallest absolute Gasteiger partial charge is 0.336 e. The molecular weight excluding hydrogens is 238 g/mol. The lowest BCUT2D eigenvalue weighted by Gasteiger charge is -2.16. The highest BCUT2D eigenvalue weighted by atomic mass is 35.5. The van der Waals surface area contributed by atoms with Crippen LogP contribution < -0.4 is 0 Å². The van der Waals surface area contributed by atoms with E-state index in [4.69, 9.17) is 16.7 Å². The van der Waals surface area contributed by atoms with Gasteiger partial charge in [-0.25, -0.2) is 9.78 Å². The zero-order valence-corrected chi connectivity index (χ0v) is 9.55. The molecule has 1 atom stereocenters. The number of carboxylic acids is 1. The van der Waals surface area contributed by atoms with Crippen molar-refractivity contribution >= 4 is 29.3 Å². The van der Waals surface area contributed by atoms with Gasteiger partial charge in [-0.1, -0.05) is 11.6 Å². The normalized spacial score (nSPS) is 14.6. The predicted molar refractivity (Wildman–Crippen MR) is 58.2 cm³/mol. The Morgan fingerprint density at radius 1 is 1.67 bits per heavy atom. The number of hydrogen-bond acceptors (Lipinski definition) is 4. The van der Waals surface area contributed by atoms with Crippen LogP contribution in [-0.2, 0) is 4.79 Å². The number of carbonyl (C=O) groups is 1. The molecule has 1 heterocycles. The van der Waals surface area contributed by atoms with Crippen LogP contribution in [0, 0.1) is 0 Å². The summed E-state index contributed by atoms with van der Waals surface area (Å²) < 4.78 is 0. The van der Waals surface area contributed by atoms with Gasteiger partial charge in [-0.05, 0) is 19.1 Å². The van der Waals surface area contributed by atoms with Crippen LogP contribution in [0.1, 0.15) is 6.92 Å². The number of hydrogen-bond donors (Lipinski definition) is 2. The van der Waals surface area contributed by atoms with Gasteiger partial charge >= 0.3 is 5.97 Å². The number of aromatic nitrogens is 1. The van der Waals surface area contributed by atoms with Crippen LogP contribution in [0.15, 0.2) is 23.4 Å². The molecule has 0 amide bonds. The fraction of sp³-hybridized carbons (Fsp3) is 0.333. The van der Waals surface area contributed by atoms with E-state index in [9.17, 15) is 9.90 Å². The Morgan fingerprint density at radius 2 is 2.33 bits per heavy atom. The van der Waals surface area contributed by atoms with Gasteiger partial charge in [-0.15, -0.1) is 11.8 Å². The van der Waals surface area contributed by atoms with E-state index in [-0.39, 0.29) is 5.75 Å². The van der Waals surface area contributed by atoms with Crippen molar-refractivity contribution in [1.29, 1.82) is 0 Å². The lowest BCUT2D eigenvalue weighted by atomic mass is 10.1. The number of rotatable bonds is 4. The van der Waals surface area contributed by atoms with Gasteiger partial charge in [0.25, 0.3) is 0 Å². The summed E-state index contributed by atoms with van der Waals surface area (Å²) in [7, 11) is 0. The Morgan fingerprint density at radius 3 is 2.80 bits per heavy atom. The highest BCUT2D eigenvalue weighted by Crippen LogP contribution is 2.21. The number of halogens is 1. The third-order valence-corrected chi connectivity index (χ3v) is 3.13. The number of aliphatic hydroxyl groups is 1. The zero-order valence-electron chi connectivity index (χ0n) is 7.98. The maximum atomic E-state index is 10.6. The lowest BCUT2D eigenvalue weighted by molar-refractivity contribution is -0.154. The Kier molecular flexibility index (Phi) is 3.96. The van der Waals surface area contributed by atoms with E-state index in [1.807, 2.05) is 0 Å². The highest BCUT2D eigenvalue weighted by Gasteiger charge is 2.29. The molecule has 1 rings (SSSR count). The first-order valence-corrected chi connectivity index (χ1v) is 5.48. The molecule has 0 bridgehead atoms. The molecule has 0 aliphatic rings. The van der Waals surface area contributed by atoms with Crippen LogP contribution in [0.2, 0.25) is 5.02 Å². The molecule has 2 N–H and O–H groups in total. The van der Waals surface area contributed by atoms with Crippen molar-refractivity contribution in [2.75, 3.05) is 5.75 Å². The second kappa shape index (κ2) is 4.83. The summed E-state index contributed by atoms with van der Waals surface area (Å²) in [4.78, 5) is 14.6. The maximum Gasteiger partial charge on any atom is 0.336 e. The number of nitrogens with zero attached hydrogens (tertiary/aromatic N) is 1. The topological polar surface area (TPSA) is 70.4 Å². The standard InChI is InChI=1S/C9H10ClNO3S/c1-9(14,8(12)13)5-15-7-3-2-6(10)4-11-7/h2-4,14H,5H2,1H3,(H,12,13). The van der Waals surface area contributed by atoms with Crippen molar-refractivity contribution in [3.63, 3.8) is 0 Å². The Labute approximate surface area is 96.3 Å². The molecule has 0 aromatic carbocycles. The zero-order chi connectivity index (χ0) is 11.5. The summed E-state index contributed by atoms with van der Waals surface area (Å²) in [6, 6.07) is 3.33. The molecule has 82 valence electrons. The van der Waals surface area contributed by atoms with Gasteiger partial charge in [-0.3, -0.25) is 0 Å². The first-order chi connectivity index (χ1) is 6.92. The van der Waals surface area contributed by atoms with Gasteiger partial charge in [0.2, 0.25) is 0 Å². The van der Waals surface area contributed by atoms with Gasteiger partial charge in [-0.2, -0.15) is 0 Å². The fourth-order valence-electron chi connectivity index (χ4n) is 0.724. The molecule has 1 aromatic heterocycles. The van der Waals surface area contributed by atoms with Gasteiger partial charge < -0.3 is 10.2 Å². The van der Waals surface area contributed by atoms with Crippen LogP contribution in [0.4, 0.5) is 0 Å². The molecule has 0 radical (unpaired) electrons. The van der Waals surface area contributed by atoms with Crippen molar-refractivity contribution in [3.05, 3.63) is 23.4 Å². The van der Waals surface area contributed by atoms with Crippen molar-refractivity contribution in [2.45, 2.75) is 17.6 Å². The number of pyridine rings is 1. The van der Waals surface area contributed by atoms with E-state index in [0.29, 0.717) is 10.0 Å². The summed E-state index contributed by atoms with van der Waals surface area (Å²) in [5.41, 5.74) is -1.74. The lowest BCUT2D eigenvalue weighted by Crippen LogP contribution is -2.37. The van der Waals surface area contributed by atoms with E-state index in [2.05, 4.69) is 4.98 Å². The van der Waals surface area contributed by atoms with Crippen molar-refractivity contribution < 1.29 is 15.0 Å². The van der Waals surface area contributed by atoms with E-state index < -0.39 is 11.6 Å². The van der Waals surface area contributed by atoms with Crippen LogP contribution >= 0.6 is 23.4 Å². The Balaban J connectivity index is 2.57. The minimum absolute atomic E-state index is 0.0387. The van der Waals surface area contributed by atoms with Gasteiger partial charge in [0.05, 0.1) is 10.0 Å². The Hall–Kier alpha value is -0.780. The second-order valence-electron chi connectivity index (χ2n) is 3.18. The van der Waals surface area contributed by atoms with Gasteiger partial charge in [0.15, 0.2) is 5.60 Å². The minimum atomic E-state index is -1.74. The average molecular weight is 248 g/mol. The SMILES string of the molecule is CC(O)(CSc1ccc(Cl)cn1)C(=O)O. The molecule has 4 nitrogen and oxygen atoms in total. The van der Waals surface area contributed by atoms with Crippen LogP contribution in [0.3, 0.4) is 0 Å². The van der Waals surface area contributed by atoms with Gasteiger partial charge in [0.1, 0.15) is 0 Å².